The van der Waals surface area contributed by atoms with E-state index >= 15 is 0 Å². The van der Waals surface area contributed by atoms with Gasteiger partial charge >= 0.3 is 0 Å². The Labute approximate surface area is 148 Å². The Balaban J connectivity index is 1.62. The molecule has 0 fully saturated rings. The lowest BCUT2D eigenvalue weighted by Crippen LogP contribution is -2.11. The molecule has 25 heavy (non-hydrogen) atoms. The Bertz CT molecular complexity index is 1070. The maximum Gasteiger partial charge on any atom is 0.293 e. The molecule has 0 aliphatic carbocycles. The molecule has 4 rings (SSSR count). The summed E-state index contributed by atoms with van der Waals surface area (Å²) in [6.45, 7) is 3.85. The molecule has 0 saturated heterocycles. The van der Waals surface area contributed by atoms with Crippen LogP contribution in [0.3, 0.4) is 0 Å². The van der Waals surface area contributed by atoms with Gasteiger partial charge in [-0.3, -0.25) is 10.1 Å². The Morgan fingerprint density at radius 3 is 2.60 bits per heavy atom. The number of furan rings is 1. The van der Waals surface area contributed by atoms with Crippen LogP contribution in [0.25, 0.3) is 21.5 Å². The molecule has 0 radical (unpaired) electrons. The highest BCUT2D eigenvalue weighted by Crippen LogP contribution is 2.30. The van der Waals surface area contributed by atoms with Crippen LogP contribution in [0.1, 0.15) is 21.7 Å². The van der Waals surface area contributed by atoms with Gasteiger partial charge in [-0.15, -0.1) is 10.2 Å². The molecule has 0 aliphatic heterocycles. The standard InChI is InChI=1S/C19H15N3O2S/c1-11-7-6-10-14-12(2)16(24-15(11)14)17(23)20-19-22-21-18(25-19)13-8-4-3-5-9-13/h3-10H,1-2H3,(H,20,22,23). The van der Waals surface area contributed by atoms with Crippen molar-refractivity contribution in [2.24, 2.45) is 0 Å². The fourth-order valence-electron chi connectivity index (χ4n) is 2.73. The zero-order chi connectivity index (χ0) is 17.4. The molecule has 0 aliphatic rings. The first-order valence-electron chi connectivity index (χ1n) is 7.82. The third-order valence-electron chi connectivity index (χ3n) is 4.03. The van der Waals surface area contributed by atoms with Gasteiger partial charge in [0.15, 0.2) is 5.76 Å². The molecule has 5 nitrogen and oxygen atoms in total. The number of aryl methyl sites for hydroxylation is 2. The van der Waals surface area contributed by atoms with Crippen LogP contribution < -0.4 is 5.32 Å². The zero-order valence-electron chi connectivity index (χ0n) is 13.7. The molecular weight excluding hydrogens is 334 g/mol. The topological polar surface area (TPSA) is 68.0 Å². The van der Waals surface area contributed by atoms with Crippen molar-refractivity contribution in [3.63, 3.8) is 0 Å². The van der Waals surface area contributed by atoms with Crippen LogP contribution in [0.15, 0.2) is 52.9 Å². The van der Waals surface area contributed by atoms with E-state index in [1.165, 1.54) is 11.3 Å². The lowest BCUT2D eigenvalue weighted by molar-refractivity contribution is 0.0998. The van der Waals surface area contributed by atoms with Crippen molar-refractivity contribution < 1.29 is 9.21 Å². The first-order chi connectivity index (χ1) is 12.1. The van der Waals surface area contributed by atoms with Gasteiger partial charge in [0, 0.05) is 16.5 Å². The number of carbonyl (C=O) groups is 1. The number of hydrogen-bond acceptors (Lipinski definition) is 5. The Morgan fingerprint density at radius 2 is 1.84 bits per heavy atom. The fraction of sp³-hybridized carbons (Fsp3) is 0.105. The predicted molar refractivity (Wildman–Crippen MR) is 99.0 cm³/mol. The monoisotopic (exact) mass is 349 g/mol. The van der Waals surface area contributed by atoms with Crippen LogP contribution in [0.5, 0.6) is 0 Å². The molecule has 124 valence electrons. The average Bonchev–Trinajstić information content (AvgIpc) is 3.22. The van der Waals surface area contributed by atoms with Crippen molar-refractivity contribution >= 4 is 33.3 Å². The fourth-order valence-corrected chi connectivity index (χ4v) is 3.47. The molecule has 0 bridgehead atoms. The van der Waals surface area contributed by atoms with Gasteiger partial charge in [0.1, 0.15) is 10.6 Å². The molecule has 0 unspecified atom stereocenters. The summed E-state index contributed by atoms with van der Waals surface area (Å²) in [6, 6.07) is 15.6. The third-order valence-corrected chi connectivity index (χ3v) is 4.92. The van der Waals surface area contributed by atoms with E-state index in [0.29, 0.717) is 10.9 Å². The number of nitrogens with zero attached hydrogens (tertiary/aromatic N) is 2. The van der Waals surface area contributed by atoms with Crippen molar-refractivity contribution in [3.8, 4) is 10.6 Å². The number of fused-ring (bicyclic) bond motifs is 1. The summed E-state index contributed by atoms with van der Waals surface area (Å²) in [5.41, 5.74) is 3.54. The normalized spacial score (nSPS) is 11.0. The van der Waals surface area contributed by atoms with Crippen molar-refractivity contribution in [1.82, 2.24) is 10.2 Å². The minimum absolute atomic E-state index is 0.306. The van der Waals surface area contributed by atoms with E-state index in [0.717, 1.165) is 32.7 Å². The molecule has 4 aromatic rings. The summed E-state index contributed by atoms with van der Waals surface area (Å²) in [5, 5.41) is 13.1. The SMILES string of the molecule is Cc1c(C(=O)Nc2nnc(-c3ccccc3)s2)oc2c(C)cccc12. The van der Waals surface area contributed by atoms with E-state index in [4.69, 9.17) is 4.42 Å². The molecule has 0 atom stereocenters. The molecular formula is C19H15N3O2S. The lowest BCUT2D eigenvalue weighted by Gasteiger charge is -1.98. The number of nitrogens with one attached hydrogen (secondary N) is 1. The summed E-state index contributed by atoms with van der Waals surface area (Å²) < 4.78 is 5.80. The van der Waals surface area contributed by atoms with E-state index in [2.05, 4.69) is 15.5 Å². The van der Waals surface area contributed by atoms with E-state index in [1.54, 1.807) is 0 Å². The zero-order valence-corrected chi connectivity index (χ0v) is 14.6. The summed E-state index contributed by atoms with van der Waals surface area (Å²) in [4.78, 5) is 12.6. The first kappa shape index (κ1) is 15.5. The van der Waals surface area contributed by atoms with E-state index < -0.39 is 0 Å². The van der Waals surface area contributed by atoms with Crippen molar-refractivity contribution in [2.45, 2.75) is 13.8 Å². The number of amides is 1. The second-order valence-corrected chi connectivity index (χ2v) is 6.72. The highest BCUT2D eigenvalue weighted by atomic mass is 32.1. The maximum atomic E-state index is 12.6. The van der Waals surface area contributed by atoms with Gasteiger partial charge in [-0.25, -0.2) is 0 Å². The number of aromatic nitrogens is 2. The van der Waals surface area contributed by atoms with Crippen LogP contribution in [0.4, 0.5) is 5.13 Å². The number of para-hydroxylation sites is 1. The Morgan fingerprint density at radius 1 is 1.04 bits per heavy atom. The molecule has 2 aromatic heterocycles. The van der Waals surface area contributed by atoms with Gasteiger partial charge in [0.25, 0.3) is 5.91 Å². The van der Waals surface area contributed by atoms with Crippen molar-refractivity contribution in [2.75, 3.05) is 5.32 Å². The third kappa shape index (κ3) is 2.81. The highest BCUT2D eigenvalue weighted by Gasteiger charge is 2.20. The molecule has 2 heterocycles. The largest absolute Gasteiger partial charge is 0.450 e. The number of benzene rings is 2. The van der Waals surface area contributed by atoms with Crippen LogP contribution in [0.2, 0.25) is 0 Å². The lowest BCUT2D eigenvalue weighted by atomic mass is 10.1. The average molecular weight is 349 g/mol. The smallest absolute Gasteiger partial charge is 0.293 e. The van der Waals surface area contributed by atoms with Crippen LogP contribution in [0, 0.1) is 13.8 Å². The number of anilines is 1. The molecule has 6 heteroatoms. The summed E-state index contributed by atoms with van der Waals surface area (Å²) >= 11 is 1.33. The van der Waals surface area contributed by atoms with Crippen LogP contribution in [-0.2, 0) is 0 Å². The van der Waals surface area contributed by atoms with Gasteiger partial charge in [-0.05, 0) is 19.4 Å². The second-order valence-electron chi connectivity index (χ2n) is 5.74. The predicted octanol–water partition coefficient (Wildman–Crippen LogP) is 4.82. The van der Waals surface area contributed by atoms with Crippen molar-refractivity contribution in [3.05, 3.63) is 65.4 Å². The molecule has 2 aromatic carbocycles. The van der Waals surface area contributed by atoms with Gasteiger partial charge in [0.2, 0.25) is 5.13 Å². The minimum Gasteiger partial charge on any atom is -0.450 e. The van der Waals surface area contributed by atoms with Crippen LogP contribution >= 0.6 is 11.3 Å². The van der Waals surface area contributed by atoms with E-state index in [-0.39, 0.29) is 5.91 Å². The van der Waals surface area contributed by atoms with E-state index in [9.17, 15) is 4.79 Å². The molecule has 1 N–H and O–H groups in total. The Kier molecular flexibility index (Phi) is 3.82. The van der Waals surface area contributed by atoms with E-state index in [1.807, 2.05) is 62.4 Å². The second kappa shape index (κ2) is 6.14. The minimum atomic E-state index is -0.316. The molecule has 0 spiro atoms. The van der Waals surface area contributed by atoms with Gasteiger partial charge in [-0.2, -0.15) is 0 Å². The summed E-state index contributed by atoms with van der Waals surface area (Å²) in [6.07, 6.45) is 0. The van der Waals surface area contributed by atoms with Crippen molar-refractivity contribution in [1.29, 1.82) is 0 Å². The number of carbonyl (C=O) groups excluding carboxylic acids is 1. The van der Waals surface area contributed by atoms with Gasteiger partial charge in [0.05, 0.1) is 0 Å². The highest BCUT2D eigenvalue weighted by molar-refractivity contribution is 7.18. The first-order valence-corrected chi connectivity index (χ1v) is 8.64. The number of rotatable bonds is 3. The quantitative estimate of drug-likeness (QED) is 0.576. The molecule has 1 amide bonds. The molecule has 0 saturated carbocycles. The Hall–Kier alpha value is -2.99. The number of hydrogen-bond donors (Lipinski definition) is 1. The maximum absolute atomic E-state index is 12.6. The van der Waals surface area contributed by atoms with Gasteiger partial charge in [-0.1, -0.05) is 59.9 Å². The van der Waals surface area contributed by atoms with Gasteiger partial charge < -0.3 is 4.42 Å². The van der Waals surface area contributed by atoms with Crippen LogP contribution in [-0.4, -0.2) is 16.1 Å². The summed E-state index contributed by atoms with van der Waals surface area (Å²) in [7, 11) is 0. The summed E-state index contributed by atoms with van der Waals surface area (Å²) in [5.74, 6) is -0.00961.